The molecule has 0 fully saturated rings. The number of hydrogen-bond donors (Lipinski definition) is 3. The lowest BCUT2D eigenvalue weighted by Gasteiger charge is -2.12. The third kappa shape index (κ3) is 4.07. The fraction of sp³-hybridized carbons (Fsp3) is 0.105. The smallest absolute Gasteiger partial charge is 0.337 e. The summed E-state index contributed by atoms with van der Waals surface area (Å²) < 4.78 is 5.21. The van der Waals surface area contributed by atoms with E-state index in [4.69, 9.17) is 4.74 Å². The van der Waals surface area contributed by atoms with Crippen LogP contribution in [0.1, 0.15) is 16.1 Å². The molecular formula is C19H18N4O3. The van der Waals surface area contributed by atoms with Crippen LogP contribution in [-0.2, 0) is 0 Å². The Labute approximate surface area is 150 Å². The van der Waals surface area contributed by atoms with Crippen LogP contribution in [0, 0.1) is 6.92 Å². The molecule has 0 spiro atoms. The highest BCUT2D eigenvalue weighted by Gasteiger charge is 2.11. The van der Waals surface area contributed by atoms with E-state index in [0.717, 1.165) is 17.1 Å². The highest BCUT2D eigenvalue weighted by Crippen LogP contribution is 2.23. The number of benzene rings is 2. The van der Waals surface area contributed by atoms with Gasteiger partial charge in [0.15, 0.2) is 0 Å². The normalized spacial score (nSPS) is 10.2. The number of ether oxygens (including phenoxy) is 1. The first-order valence-electron chi connectivity index (χ1n) is 7.91. The largest absolute Gasteiger partial charge is 0.497 e. The molecule has 3 N–H and O–H groups in total. The number of aromatic carboxylic acids is 1. The number of rotatable bonds is 6. The van der Waals surface area contributed by atoms with E-state index < -0.39 is 5.97 Å². The number of anilines is 4. The second-order valence-corrected chi connectivity index (χ2v) is 5.55. The summed E-state index contributed by atoms with van der Waals surface area (Å²) in [5.41, 5.74) is 2.16. The Morgan fingerprint density at radius 1 is 1.04 bits per heavy atom. The minimum atomic E-state index is -1.01. The van der Waals surface area contributed by atoms with Crippen molar-refractivity contribution >= 4 is 29.1 Å². The molecule has 7 nitrogen and oxygen atoms in total. The number of methoxy groups -OCH3 is 1. The van der Waals surface area contributed by atoms with Gasteiger partial charge in [-0.3, -0.25) is 0 Å². The number of para-hydroxylation sites is 1. The van der Waals surface area contributed by atoms with Crippen LogP contribution in [0.3, 0.4) is 0 Å². The second kappa shape index (κ2) is 7.52. The summed E-state index contributed by atoms with van der Waals surface area (Å²) in [6.07, 6.45) is 0. The molecule has 3 aromatic rings. The maximum absolute atomic E-state index is 11.4. The van der Waals surface area contributed by atoms with Crippen molar-refractivity contribution in [1.29, 1.82) is 0 Å². The molecule has 0 atom stereocenters. The van der Waals surface area contributed by atoms with Crippen LogP contribution >= 0.6 is 0 Å². The molecule has 0 bridgehead atoms. The van der Waals surface area contributed by atoms with Gasteiger partial charge in [-0.1, -0.05) is 18.2 Å². The Hall–Kier alpha value is -3.61. The number of carbonyl (C=O) groups is 1. The number of aryl methyl sites for hydroxylation is 1. The standard InChI is InChI=1S/C19H18N4O3/c1-12-10-17(22-16-9-4-3-8-15(16)18(24)25)23-19(20-12)21-13-6-5-7-14(11-13)26-2/h3-11H,1-2H3,(H,24,25)(H2,20,21,22,23). The molecule has 0 aliphatic heterocycles. The quantitative estimate of drug-likeness (QED) is 0.619. The fourth-order valence-electron chi connectivity index (χ4n) is 2.43. The molecular weight excluding hydrogens is 332 g/mol. The van der Waals surface area contributed by atoms with E-state index in [2.05, 4.69) is 20.6 Å². The van der Waals surface area contributed by atoms with E-state index >= 15 is 0 Å². The van der Waals surface area contributed by atoms with Gasteiger partial charge in [0.1, 0.15) is 11.6 Å². The minimum Gasteiger partial charge on any atom is -0.497 e. The molecule has 3 rings (SSSR count). The maximum atomic E-state index is 11.4. The molecule has 0 aliphatic rings. The van der Waals surface area contributed by atoms with Gasteiger partial charge in [0.25, 0.3) is 0 Å². The highest BCUT2D eigenvalue weighted by molar-refractivity contribution is 5.95. The summed E-state index contributed by atoms with van der Waals surface area (Å²) in [6.45, 7) is 1.84. The van der Waals surface area contributed by atoms with Gasteiger partial charge in [-0.15, -0.1) is 0 Å². The van der Waals surface area contributed by atoms with E-state index in [-0.39, 0.29) is 5.56 Å². The predicted octanol–water partition coefficient (Wildman–Crippen LogP) is 3.98. The Bertz CT molecular complexity index is 944. The molecule has 26 heavy (non-hydrogen) atoms. The SMILES string of the molecule is COc1cccc(Nc2nc(C)cc(Nc3ccccc3C(=O)O)n2)c1. The van der Waals surface area contributed by atoms with Crippen LogP contribution in [0.15, 0.2) is 54.6 Å². The fourth-order valence-corrected chi connectivity index (χ4v) is 2.43. The molecule has 1 heterocycles. The first-order chi connectivity index (χ1) is 12.5. The molecule has 0 saturated heterocycles. The Morgan fingerprint density at radius 3 is 2.62 bits per heavy atom. The van der Waals surface area contributed by atoms with Crippen LogP contribution < -0.4 is 15.4 Å². The summed E-state index contributed by atoms with van der Waals surface area (Å²) >= 11 is 0. The number of carboxylic acid groups (broad SMARTS) is 1. The van der Waals surface area contributed by atoms with Gasteiger partial charge in [0.2, 0.25) is 5.95 Å². The third-order valence-electron chi connectivity index (χ3n) is 3.60. The molecule has 0 amide bonds. The lowest BCUT2D eigenvalue weighted by atomic mass is 10.2. The van der Waals surface area contributed by atoms with E-state index in [9.17, 15) is 9.90 Å². The van der Waals surface area contributed by atoms with Crippen molar-refractivity contribution in [3.63, 3.8) is 0 Å². The number of carboxylic acids is 1. The maximum Gasteiger partial charge on any atom is 0.337 e. The predicted molar refractivity (Wildman–Crippen MR) is 99.7 cm³/mol. The van der Waals surface area contributed by atoms with Crippen LogP contribution in [0.5, 0.6) is 5.75 Å². The molecule has 0 radical (unpaired) electrons. The Balaban J connectivity index is 1.87. The van der Waals surface area contributed by atoms with Crippen molar-refractivity contribution in [3.05, 3.63) is 65.9 Å². The van der Waals surface area contributed by atoms with E-state index in [1.807, 2.05) is 31.2 Å². The first kappa shape index (κ1) is 17.2. The summed E-state index contributed by atoms with van der Waals surface area (Å²) in [6, 6.07) is 15.8. The zero-order valence-electron chi connectivity index (χ0n) is 14.4. The van der Waals surface area contributed by atoms with Crippen molar-refractivity contribution in [2.24, 2.45) is 0 Å². The lowest BCUT2D eigenvalue weighted by molar-refractivity contribution is 0.0698. The second-order valence-electron chi connectivity index (χ2n) is 5.55. The minimum absolute atomic E-state index is 0.172. The van der Waals surface area contributed by atoms with Gasteiger partial charge in [-0.25, -0.2) is 9.78 Å². The van der Waals surface area contributed by atoms with Crippen LogP contribution in [0.4, 0.5) is 23.1 Å². The zero-order valence-corrected chi connectivity index (χ0v) is 14.4. The van der Waals surface area contributed by atoms with Crippen LogP contribution in [-0.4, -0.2) is 28.2 Å². The van der Waals surface area contributed by atoms with Gasteiger partial charge in [0.05, 0.1) is 18.4 Å². The zero-order chi connectivity index (χ0) is 18.5. The van der Waals surface area contributed by atoms with Crippen LogP contribution in [0.2, 0.25) is 0 Å². The van der Waals surface area contributed by atoms with Gasteiger partial charge in [-0.05, 0) is 31.2 Å². The van der Waals surface area contributed by atoms with E-state index in [0.29, 0.717) is 17.5 Å². The van der Waals surface area contributed by atoms with Crippen molar-refractivity contribution in [1.82, 2.24) is 9.97 Å². The summed E-state index contributed by atoms with van der Waals surface area (Å²) in [5.74, 6) is 0.607. The van der Waals surface area contributed by atoms with E-state index in [1.54, 1.807) is 31.4 Å². The Kier molecular flexibility index (Phi) is 4.98. The lowest BCUT2D eigenvalue weighted by Crippen LogP contribution is -2.05. The molecule has 0 saturated carbocycles. The number of nitrogens with zero attached hydrogens (tertiary/aromatic N) is 2. The molecule has 1 aromatic heterocycles. The van der Waals surface area contributed by atoms with Crippen LogP contribution in [0.25, 0.3) is 0 Å². The van der Waals surface area contributed by atoms with Crippen molar-refractivity contribution in [2.45, 2.75) is 6.92 Å². The molecule has 132 valence electrons. The average Bonchev–Trinajstić information content (AvgIpc) is 2.61. The van der Waals surface area contributed by atoms with Crippen molar-refractivity contribution in [2.75, 3.05) is 17.7 Å². The summed E-state index contributed by atoms with van der Waals surface area (Å²) in [7, 11) is 1.60. The number of nitrogens with one attached hydrogen (secondary N) is 2. The van der Waals surface area contributed by atoms with Gasteiger partial charge in [-0.2, -0.15) is 4.98 Å². The van der Waals surface area contributed by atoms with Crippen molar-refractivity contribution in [3.8, 4) is 5.75 Å². The molecule has 7 heteroatoms. The van der Waals surface area contributed by atoms with Crippen molar-refractivity contribution < 1.29 is 14.6 Å². The summed E-state index contributed by atoms with van der Waals surface area (Å²) in [4.78, 5) is 20.1. The average molecular weight is 350 g/mol. The topological polar surface area (TPSA) is 96.4 Å². The van der Waals surface area contributed by atoms with Gasteiger partial charge >= 0.3 is 5.97 Å². The highest BCUT2D eigenvalue weighted by atomic mass is 16.5. The molecule has 0 aliphatic carbocycles. The Morgan fingerprint density at radius 2 is 1.85 bits per heavy atom. The summed E-state index contributed by atoms with van der Waals surface area (Å²) in [5, 5.41) is 15.5. The van der Waals surface area contributed by atoms with E-state index in [1.165, 1.54) is 6.07 Å². The first-order valence-corrected chi connectivity index (χ1v) is 7.91. The van der Waals surface area contributed by atoms with Gasteiger partial charge < -0.3 is 20.5 Å². The molecule has 2 aromatic carbocycles. The third-order valence-corrected chi connectivity index (χ3v) is 3.60. The molecule has 0 unspecified atom stereocenters. The van der Waals surface area contributed by atoms with Gasteiger partial charge in [0, 0.05) is 23.5 Å². The monoisotopic (exact) mass is 350 g/mol. The number of hydrogen-bond acceptors (Lipinski definition) is 6. The number of aromatic nitrogens is 2.